The van der Waals surface area contributed by atoms with Crippen LogP contribution < -0.4 is 33.9 Å². The fourth-order valence-electron chi connectivity index (χ4n) is 3.53. The van der Waals surface area contributed by atoms with E-state index < -0.39 is 0 Å². The van der Waals surface area contributed by atoms with Gasteiger partial charge in [-0.1, -0.05) is 48.5 Å². The maximum atomic E-state index is 2.27. The molecule has 0 aliphatic rings. The molecule has 0 amide bonds. The van der Waals surface area contributed by atoms with Crippen molar-refractivity contribution in [3.63, 3.8) is 0 Å². The molecule has 4 rings (SSSR count). The summed E-state index contributed by atoms with van der Waals surface area (Å²) in [6, 6.07) is 17.8. The predicted octanol–water partition coefficient (Wildman–Crippen LogP) is -2.67. The summed E-state index contributed by atoms with van der Waals surface area (Å²) in [5.74, 6) is 2.51. The Morgan fingerprint density at radius 2 is 0.933 bits per heavy atom. The summed E-state index contributed by atoms with van der Waals surface area (Å²) in [5, 5.41) is 0. The van der Waals surface area contributed by atoms with Crippen LogP contribution in [0.4, 0.5) is 0 Å². The van der Waals surface area contributed by atoms with Gasteiger partial charge in [-0.3, -0.25) is 0 Å². The normalized spacial score (nSPS) is 10.4. The Balaban J connectivity index is 0.00000160. The van der Waals surface area contributed by atoms with Crippen LogP contribution in [0.3, 0.4) is 0 Å². The van der Waals surface area contributed by atoms with Gasteiger partial charge in [0.2, 0.25) is 0 Å². The van der Waals surface area contributed by atoms with Gasteiger partial charge in [-0.05, 0) is 22.3 Å². The first-order valence-corrected chi connectivity index (χ1v) is 9.72. The van der Waals surface area contributed by atoms with Crippen LogP contribution in [0.1, 0.15) is 22.8 Å². The molecule has 0 spiro atoms. The SMILES string of the molecule is Cc1n(Cc2ccc(-c3ccc(Cn4cc[n+](C)c4C)cc3)cc2)cc[n+]1C.[Cl-].[Cl-]. The van der Waals surface area contributed by atoms with E-state index in [0.29, 0.717) is 0 Å². The minimum absolute atomic E-state index is 0. The Hall–Kier alpha value is -2.56. The Kier molecular flexibility index (Phi) is 7.88. The van der Waals surface area contributed by atoms with Crippen molar-refractivity contribution in [2.75, 3.05) is 0 Å². The van der Waals surface area contributed by atoms with Crippen LogP contribution in [0.2, 0.25) is 0 Å². The highest BCUT2D eigenvalue weighted by Gasteiger charge is 2.11. The lowest BCUT2D eigenvalue weighted by atomic mass is 10.0. The first kappa shape index (κ1) is 23.7. The molecule has 0 fully saturated rings. The van der Waals surface area contributed by atoms with Crippen molar-refractivity contribution in [2.24, 2.45) is 14.1 Å². The van der Waals surface area contributed by atoms with Gasteiger partial charge in [0, 0.05) is 13.8 Å². The van der Waals surface area contributed by atoms with E-state index >= 15 is 0 Å². The number of imidazole rings is 2. The van der Waals surface area contributed by atoms with Gasteiger partial charge < -0.3 is 24.8 Å². The second-order valence-electron chi connectivity index (χ2n) is 7.56. The minimum atomic E-state index is 0. The fraction of sp³-hybridized carbons (Fsp3) is 0.250. The molecule has 0 unspecified atom stereocenters. The third-order valence-corrected chi connectivity index (χ3v) is 5.74. The smallest absolute Gasteiger partial charge is 0.253 e. The van der Waals surface area contributed by atoms with Crippen molar-refractivity contribution >= 4 is 0 Å². The number of hydrogen-bond donors (Lipinski definition) is 0. The van der Waals surface area contributed by atoms with E-state index in [-0.39, 0.29) is 24.8 Å². The lowest BCUT2D eigenvalue weighted by Gasteiger charge is -2.06. The molecule has 158 valence electrons. The number of nitrogens with zero attached hydrogens (tertiary/aromatic N) is 4. The van der Waals surface area contributed by atoms with Crippen LogP contribution in [0.5, 0.6) is 0 Å². The standard InChI is InChI=1S/C24H28N4.2ClH/c1-19-25(3)13-15-27(19)17-21-5-9-23(10-6-21)24-11-7-22(8-12-24)18-28-16-14-26(4)20(28)2;;/h5-16H,17-18H2,1-4H3;2*1H/q+2;;/p-2. The van der Waals surface area contributed by atoms with Gasteiger partial charge in [0.15, 0.2) is 0 Å². The van der Waals surface area contributed by atoms with Crippen molar-refractivity contribution in [3.05, 3.63) is 96.1 Å². The zero-order valence-electron chi connectivity index (χ0n) is 17.9. The largest absolute Gasteiger partial charge is 1.00 e. The van der Waals surface area contributed by atoms with Crippen molar-refractivity contribution in [1.29, 1.82) is 0 Å². The first-order valence-electron chi connectivity index (χ1n) is 9.72. The predicted molar refractivity (Wildman–Crippen MR) is 111 cm³/mol. The third-order valence-electron chi connectivity index (χ3n) is 5.74. The molecule has 0 radical (unpaired) electrons. The van der Waals surface area contributed by atoms with Crippen molar-refractivity contribution in [3.8, 4) is 11.1 Å². The Morgan fingerprint density at radius 3 is 1.20 bits per heavy atom. The van der Waals surface area contributed by atoms with E-state index in [2.05, 4.69) is 120 Å². The molecule has 0 saturated heterocycles. The molecule has 4 aromatic rings. The van der Waals surface area contributed by atoms with Crippen LogP contribution in [0, 0.1) is 13.8 Å². The van der Waals surface area contributed by atoms with Gasteiger partial charge in [0.25, 0.3) is 11.6 Å². The number of aryl methyl sites for hydroxylation is 2. The highest BCUT2D eigenvalue weighted by molar-refractivity contribution is 5.64. The van der Waals surface area contributed by atoms with Crippen molar-refractivity contribution < 1.29 is 33.9 Å². The minimum Gasteiger partial charge on any atom is -1.00 e. The van der Waals surface area contributed by atoms with Gasteiger partial charge in [0.1, 0.15) is 37.9 Å². The van der Waals surface area contributed by atoms with Crippen LogP contribution in [0.15, 0.2) is 73.3 Å². The average Bonchev–Trinajstić information content (AvgIpc) is 3.20. The van der Waals surface area contributed by atoms with E-state index in [9.17, 15) is 0 Å². The summed E-state index contributed by atoms with van der Waals surface area (Å²) in [5.41, 5.74) is 5.15. The average molecular weight is 443 g/mol. The maximum Gasteiger partial charge on any atom is 0.253 e. The van der Waals surface area contributed by atoms with Crippen LogP contribution in [0.25, 0.3) is 11.1 Å². The molecular weight excluding hydrogens is 415 g/mol. The number of rotatable bonds is 5. The molecular formula is C24H28Cl2N4. The second-order valence-corrected chi connectivity index (χ2v) is 7.56. The summed E-state index contributed by atoms with van der Waals surface area (Å²) >= 11 is 0. The summed E-state index contributed by atoms with van der Waals surface area (Å²) < 4.78 is 8.83. The molecule has 0 aliphatic carbocycles. The Bertz CT molecular complexity index is 1000. The van der Waals surface area contributed by atoms with Gasteiger partial charge in [-0.25, -0.2) is 18.3 Å². The maximum absolute atomic E-state index is 2.27. The topological polar surface area (TPSA) is 17.6 Å². The van der Waals surface area contributed by atoms with E-state index in [4.69, 9.17) is 0 Å². The molecule has 0 aliphatic heterocycles. The Morgan fingerprint density at radius 1 is 0.600 bits per heavy atom. The number of aromatic nitrogens is 4. The van der Waals surface area contributed by atoms with Crippen LogP contribution >= 0.6 is 0 Å². The monoisotopic (exact) mass is 442 g/mol. The van der Waals surface area contributed by atoms with Gasteiger partial charge in [-0.15, -0.1) is 0 Å². The number of hydrogen-bond acceptors (Lipinski definition) is 0. The summed E-state index contributed by atoms with van der Waals surface area (Å²) in [7, 11) is 4.16. The van der Waals surface area contributed by atoms with Crippen molar-refractivity contribution in [1.82, 2.24) is 9.13 Å². The molecule has 0 N–H and O–H groups in total. The first-order chi connectivity index (χ1) is 13.5. The van der Waals surface area contributed by atoms with E-state index in [1.807, 2.05) is 0 Å². The van der Waals surface area contributed by atoms with Crippen LogP contribution in [-0.2, 0) is 27.2 Å². The molecule has 30 heavy (non-hydrogen) atoms. The molecule has 6 heteroatoms. The molecule has 2 aromatic carbocycles. The second kappa shape index (κ2) is 9.96. The lowest BCUT2D eigenvalue weighted by Crippen LogP contribution is -3.00. The molecule has 4 nitrogen and oxygen atoms in total. The van der Waals surface area contributed by atoms with E-state index in [1.165, 1.54) is 33.9 Å². The van der Waals surface area contributed by atoms with Gasteiger partial charge in [0.05, 0.1) is 14.1 Å². The van der Waals surface area contributed by atoms with Gasteiger partial charge >= 0.3 is 0 Å². The zero-order valence-corrected chi connectivity index (χ0v) is 19.4. The van der Waals surface area contributed by atoms with Crippen LogP contribution in [-0.4, -0.2) is 9.13 Å². The number of benzene rings is 2. The highest BCUT2D eigenvalue weighted by Crippen LogP contribution is 2.21. The fourth-order valence-corrected chi connectivity index (χ4v) is 3.53. The molecule has 0 saturated carbocycles. The summed E-state index contributed by atoms with van der Waals surface area (Å²) in [6.07, 6.45) is 8.46. The lowest BCUT2D eigenvalue weighted by molar-refractivity contribution is -0.677. The molecule has 2 heterocycles. The highest BCUT2D eigenvalue weighted by atomic mass is 35.5. The Labute approximate surface area is 191 Å². The third kappa shape index (κ3) is 4.94. The van der Waals surface area contributed by atoms with Crippen molar-refractivity contribution in [2.45, 2.75) is 26.9 Å². The molecule has 2 aromatic heterocycles. The van der Waals surface area contributed by atoms with E-state index in [0.717, 1.165) is 13.1 Å². The van der Waals surface area contributed by atoms with E-state index in [1.54, 1.807) is 0 Å². The quantitative estimate of drug-likeness (QED) is 0.300. The summed E-state index contributed by atoms with van der Waals surface area (Å²) in [6.45, 7) is 6.09. The zero-order chi connectivity index (χ0) is 19.7. The molecule has 0 bridgehead atoms. The summed E-state index contributed by atoms with van der Waals surface area (Å²) in [4.78, 5) is 0. The van der Waals surface area contributed by atoms with Gasteiger partial charge in [-0.2, -0.15) is 0 Å². The molecule has 0 atom stereocenters. The number of halogens is 2.